The van der Waals surface area contributed by atoms with Crippen molar-refractivity contribution in [1.82, 2.24) is 9.80 Å². The second-order valence-corrected chi connectivity index (χ2v) is 7.99. The second kappa shape index (κ2) is 9.73. The van der Waals surface area contributed by atoms with Gasteiger partial charge in [-0.15, -0.1) is 0 Å². The molecule has 2 aliphatic rings. The lowest BCUT2D eigenvalue weighted by atomic mass is 10.1. The molecule has 2 aliphatic heterocycles. The van der Waals surface area contributed by atoms with Gasteiger partial charge in [0.05, 0.1) is 12.6 Å². The lowest BCUT2D eigenvalue weighted by Gasteiger charge is -2.22. The van der Waals surface area contributed by atoms with Gasteiger partial charge in [0.15, 0.2) is 5.78 Å². The third-order valence-electron chi connectivity index (χ3n) is 5.93. The van der Waals surface area contributed by atoms with Crippen molar-refractivity contribution in [3.8, 4) is 0 Å². The van der Waals surface area contributed by atoms with Crippen LogP contribution in [0.5, 0.6) is 0 Å². The van der Waals surface area contributed by atoms with Crippen molar-refractivity contribution in [2.45, 2.75) is 57.5 Å². The maximum Gasteiger partial charge on any atom is 0.326 e. The van der Waals surface area contributed by atoms with Crippen LogP contribution < -0.4 is 5.32 Å². The lowest BCUT2D eigenvalue weighted by molar-refractivity contribution is -0.147. The van der Waals surface area contributed by atoms with Crippen LogP contribution in [0.4, 0.5) is 5.69 Å². The number of nitrogens with one attached hydrogen (secondary N) is 1. The highest BCUT2D eigenvalue weighted by molar-refractivity contribution is 5.88. The minimum Gasteiger partial charge on any atom is -0.480 e. The number of hydrogen-bond acceptors (Lipinski definition) is 5. The highest BCUT2D eigenvalue weighted by atomic mass is 16.4. The smallest absolute Gasteiger partial charge is 0.326 e. The number of amides is 2. The second-order valence-electron chi connectivity index (χ2n) is 7.99. The van der Waals surface area contributed by atoms with Gasteiger partial charge < -0.3 is 20.2 Å². The summed E-state index contributed by atoms with van der Waals surface area (Å²) in [4.78, 5) is 50.8. The molecule has 0 spiro atoms. The van der Waals surface area contributed by atoms with Gasteiger partial charge in [-0.2, -0.15) is 0 Å². The number of anilines is 1. The van der Waals surface area contributed by atoms with E-state index in [4.69, 9.17) is 0 Å². The van der Waals surface area contributed by atoms with Crippen molar-refractivity contribution < 1.29 is 24.3 Å². The number of hydrogen-bond donors (Lipinski definition) is 2. The monoisotopic (exact) mass is 415 g/mol. The SMILES string of the molecule is CC(=O)[C@H]1CCCN1C(=O)CCc1ccc(NCC(=O)N2CCC[C@@H]2C(=O)O)cc1. The van der Waals surface area contributed by atoms with Gasteiger partial charge in [-0.05, 0) is 56.7 Å². The average molecular weight is 415 g/mol. The lowest BCUT2D eigenvalue weighted by Crippen LogP contribution is -2.43. The van der Waals surface area contributed by atoms with E-state index in [1.807, 2.05) is 24.3 Å². The summed E-state index contributed by atoms with van der Waals surface area (Å²) in [6, 6.07) is 6.51. The van der Waals surface area contributed by atoms with Crippen LogP contribution in [0.1, 0.15) is 44.6 Å². The molecule has 2 amide bonds. The number of carbonyl (C=O) groups excluding carboxylic acids is 3. The molecule has 0 unspecified atom stereocenters. The van der Waals surface area contributed by atoms with Crippen LogP contribution in [0.25, 0.3) is 0 Å². The molecule has 2 saturated heterocycles. The molecule has 8 nitrogen and oxygen atoms in total. The van der Waals surface area contributed by atoms with Gasteiger partial charge in [-0.25, -0.2) is 4.79 Å². The highest BCUT2D eigenvalue weighted by Gasteiger charge is 2.33. The van der Waals surface area contributed by atoms with Crippen molar-refractivity contribution in [3.05, 3.63) is 29.8 Å². The number of rotatable bonds is 8. The molecule has 0 aromatic heterocycles. The van der Waals surface area contributed by atoms with Crippen molar-refractivity contribution in [3.63, 3.8) is 0 Å². The van der Waals surface area contributed by atoms with Gasteiger partial charge in [0, 0.05) is 25.2 Å². The minimum atomic E-state index is -0.955. The van der Waals surface area contributed by atoms with Crippen LogP contribution in [0.3, 0.4) is 0 Å². The maximum absolute atomic E-state index is 12.5. The Balaban J connectivity index is 1.46. The number of aliphatic carboxylic acids is 1. The van der Waals surface area contributed by atoms with Crippen molar-refractivity contribution >= 4 is 29.3 Å². The molecule has 0 bridgehead atoms. The Labute approximate surface area is 176 Å². The van der Waals surface area contributed by atoms with E-state index in [0.29, 0.717) is 38.8 Å². The first kappa shape index (κ1) is 21.8. The van der Waals surface area contributed by atoms with Crippen molar-refractivity contribution in [2.24, 2.45) is 0 Å². The molecule has 3 rings (SSSR count). The Morgan fingerprint density at radius 1 is 0.967 bits per heavy atom. The molecule has 2 N–H and O–H groups in total. The number of carbonyl (C=O) groups is 4. The first-order valence-corrected chi connectivity index (χ1v) is 10.5. The minimum absolute atomic E-state index is 0.0131. The summed E-state index contributed by atoms with van der Waals surface area (Å²) in [5, 5.41) is 12.2. The molecule has 1 aromatic rings. The van der Waals surface area contributed by atoms with Gasteiger partial charge in [0.1, 0.15) is 6.04 Å². The third kappa shape index (κ3) is 5.17. The summed E-state index contributed by atoms with van der Waals surface area (Å²) >= 11 is 0. The molecular weight excluding hydrogens is 386 g/mol. The summed E-state index contributed by atoms with van der Waals surface area (Å²) in [5.41, 5.74) is 1.77. The fourth-order valence-corrected chi connectivity index (χ4v) is 4.27. The Bertz CT molecular complexity index is 740. The molecule has 0 radical (unpaired) electrons. The number of benzene rings is 1. The number of carboxylic acids is 1. The molecule has 1 aromatic carbocycles. The van der Waals surface area contributed by atoms with Crippen LogP contribution >= 0.6 is 0 Å². The third-order valence-corrected chi connectivity index (χ3v) is 5.93. The van der Waals surface area contributed by atoms with E-state index in [-0.39, 0.29) is 30.2 Å². The van der Waals surface area contributed by atoms with Gasteiger partial charge in [-0.3, -0.25) is 14.4 Å². The van der Waals surface area contributed by atoms with Crippen LogP contribution in [0.2, 0.25) is 0 Å². The van der Waals surface area contributed by atoms with Gasteiger partial charge >= 0.3 is 5.97 Å². The molecule has 2 heterocycles. The zero-order valence-electron chi connectivity index (χ0n) is 17.3. The largest absolute Gasteiger partial charge is 0.480 e. The summed E-state index contributed by atoms with van der Waals surface area (Å²) in [6.07, 6.45) is 3.79. The number of likely N-dealkylation sites (tertiary alicyclic amines) is 2. The topological polar surface area (TPSA) is 107 Å². The first-order valence-electron chi connectivity index (χ1n) is 10.5. The van der Waals surface area contributed by atoms with Gasteiger partial charge in [0.2, 0.25) is 11.8 Å². The Kier molecular flexibility index (Phi) is 7.07. The molecule has 0 aliphatic carbocycles. The number of carboxylic acid groups (broad SMARTS) is 1. The molecule has 2 fully saturated rings. The van der Waals surface area contributed by atoms with E-state index in [9.17, 15) is 24.3 Å². The Morgan fingerprint density at radius 2 is 1.57 bits per heavy atom. The van der Waals surface area contributed by atoms with Crippen LogP contribution in [0.15, 0.2) is 24.3 Å². The maximum atomic E-state index is 12.5. The standard InChI is InChI=1S/C22H29N3O5/c1-15(26)18-4-2-12-24(18)20(27)11-8-16-6-9-17(10-7-16)23-14-21(28)25-13-3-5-19(25)22(29)30/h6-7,9-10,18-19,23H,2-5,8,11-14H2,1H3,(H,29,30)/t18-,19-/m1/s1. The fourth-order valence-electron chi connectivity index (χ4n) is 4.27. The normalized spacial score (nSPS) is 21.0. The van der Waals surface area contributed by atoms with E-state index in [0.717, 1.165) is 24.1 Å². The summed E-state index contributed by atoms with van der Waals surface area (Å²) in [6.45, 7) is 2.72. The van der Waals surface area contributed by atoms with E-state index >= 15 is 0 Å². The summed E-state index contributed by atoms with van der Waals surface area (Å²) < 4.78 is 0. The quantitative estimate of drug-likeness (QED) is 0.669. The average Bonchev–Trinajstić information content (AvgIpc) is 3.40. The van der Waals surface area contributed by atoms with Crippen molar-refractivity contribution in [1.29, 1.82) is 0 Å². The number of ketones is 1. The number of Topliss-reactive ketones (excluding diaryl/α,β-unsaturated/α-hetero) is 1. The fraction of sp³-hybridized carbons (Fsp3) is 0.545. The van der Waals surface area contributed by atoms with Gasteiger partial charge in [0.25, 0.3) is 0 Å². The van der Waals surface area contributed by atoms with E-state index in [2.05, 4.69) is 5.32 Å². The predicted molar refractivity (Wildman–Crippen MR) is 111 cm³/mol. The summed E-state index contributed by atoms with van der Waals surface area (Å²) in [7, 11) is 0. The zero-order chi connectivity index (χ0) is 21.7. The van der Waals surface area contributed by atoms with Crippen molar-refractivity contribution in [2.75, 3.05) is 25.0 Å². The van der Waals surface area contributed by atoms with Crippen LogP contribution in [-0.2, 0) is 25.6 Å². The van der Waals surface area contributed by atoms with Crippen LogP contribution in [0, 0.1) is 0 Å². The number of nitrogens with zero attached hydrogens (tertiary/aromatic N) is 2. The molecule has 30 heavy (non-hydrogen) atoms. The van der Waals surface area contributed by atoms with E-state index in [1.54, 1.807) is 4.90 Å². The van der Waals surface area contributed by atoms with E-state index < -0.39 is 12.0 Å². The van der Waals surface area contributed by atoms with E-state index in [1.165, 1.54) is 11.8 Å². The predicted octanol–water partition coefficient (Wildman–Crippen LogP) is 1.69. The molecule has 8 heteroatoms. The van der Waals surface area contributed by atoms with Gasteiger partial charge in [-0.1, -0.05) is 12.1 Å². The first-order chi connectivity index (χ1) is 14.4. The zero-order valence-corrected chi connectivity index (χ0v) is 17.3. The van der Waals surface area contributed by atoms with Crippen LogP contribution in [-0.4, -0.2) is 70.2 Å². The molecule has 0 saturated carbocycles. The Morgan fingerprint density at radius 3 is 2.17 bits per heavy atom. The number of aryl methyl sites for hydroxylation is 1. The highest BCUT2D eigenvalue weighted by Crippen LogP contribution is 2.20. The molecule has 2 atom stereocenters. The Hall–Kier alpha value is -2.90. The molecule has 162 valence electrons. The summed E-state index contributed by atoms with van der Waals surface area (Å²) in [5.74, 6) is -1.11. The molecular formula is C22H29N3O5.